The molecule has 0 spiro atoms. The Morgan fingerprint density at radius 2 is 1.57 bits per heavy atom. The predicted octanol–water partition coefficient (Wildman–Crippen LogP) is 4.88. The molecule has 0 aliphatic rings. The van der Waals surface area contributed by atoms with E-state index in [-0.39, 0.29) is 42.1 Å². The van der Waals surface area contributed by atoms with E-state index in [1.54, 1.807) is 60.7 Å². The van der Waals surface area contributed by atoms with Crippen LogP contribution in [0, 0.1) is 0 Å². The average molecular weight is 522 g/mol. The molecule has 0 aliphatic heterocycles. The maximum atomic E-state index is 12.1. The van der Waals surface area contributed by atoms with E-state index in [0.717, 1.165) is 0 Å². The first-order valence-electron chi connectivity index (χ1n) is 10.5. The Balaban J connectivity index is 0.000000340. The van der Waals surface area contributed by atoms with E-state index in [9.17, 15) is 14.7 Å². The molecule has 188 valence electrons. The second-order valence-corrected chi connectivity index (χ2v) is 7.78. The van der Waals surface area contributed by atoms with Crippen molar-refractivity contribution >= 4 is 35.8 Å². The normalized spacial score (nSPS) is 9.86. The summed E-state index contributed by atoms with van der Waals surface area (Å²) in [7, 11) is 5.34. The molecule has 0 unspecified atom stereocenters. The van der Waals surface area contributed by atoms with Crippen LogP contribution < -0.4 is 9.47 Å². The van der Waals surface area contributed by atoms with Crippen LogP contribution in [0.15, 0.2) is 72.8 Å². The van der Waals surface area contributed by atoms with Gasteiger partial charge in [-0.25, -0.2) is 4.79 Å². The molecule has 0 fully saturated rings. The van der Waals surface area contributed by atoms with E-state index in [1.807, 2.05) is 25.1 Å². The average Bonchev–Trinajstić information content (AvgIpc) is 2.84. The van der Waals surface area contributed by atoms with Crippen molar-refractivity contribution < 1.29 is 28.9 Å². The smallest absolute Gasteiger partial charge is 0.344 e. The number of phenols is 1. The first-order chi connectivity index (χ1) is 16.3. The van der Waals surface area contributed by atoms with Gasteiger partial charge in [0, 0.05) is 23.2 Å². The Kier molecular flexibility index (Phi) is 13.3. The van der Waals surface area contributed by atoms with Gasteiger partial charge in [-0.2, -0.15) is 0 Å². The van der Waals surface area contributed by atoms with Crippen LogP contribution in [0.1, 0.15) is 15.9 Å². The standard InChI is InChI=1S/C14H12O3.C12H16ClNO3.ClH/c1-17-11-7-8-12(13(15)9-11)14(16)10-5-3-2-4-6-10;1-14(2)7-8-16-12(15)9-17-11-5-3-10(13)4-6-11;/h2-9,15H,1H3;3-6H,7-9H2,1-2H3;1H. The number of carbonyl (C=O) groups excluding carboxylic acids is 2. The zero-order valence-electron chi connectivity index (χ0n) is 19.8. The molecular weight excluding hydrogens is 493 g/mol. The molecule has 3 rings (SSSR count). The van der Waals surface area contributed by atoms with Crippen molar-refractivity contribution in [2.45, 2.75) is 0 Å². The van der Waals surface area contributed by atoms with E-state index in [1.165, 1.54) is 13.2 Å². The predicted molar refractivity (Wildman–Crippen MR) is 138 cm³/mol. The minimum absolute atomic E-state index is 0. The van der Waals surface area contributed by atoms with Crippen molar-refractivity contribution in [3.8, 4) is 17.2 Å². The lowest BCUT2D eigenvalue weighted by Gasteiger charge is -2.10. The van der Waals surface area contributed by atoms with Gasteiger partial charge in [0.05, 0.1) is 12.7 Å². The number of hydrogen-bond donors (Lipinski definition) is 1. The van der Waals surface area contributed by atoms with Gasteiger partial charge in [0.1, 0.15) is 23.9 Å². The monoisotopic (exact) mass is 521 g/mol. The molecule has 0 heterocycles. The summed E-state index contributed by atoms with van der Waals surface area (Å²) in [5.74, 6) is 0.469. The van der Waals surface area contributed by atoms with Gasteiger partial charge in [0.2, 0.25) is 0 Å². The molecule has 0 radical (unpaired) electrons. The highest BCUT2D eigenvalue weighted by Crippen LogP contribution is 2.25. The van der Waals surface area contributed by atoms with Gasteiger partial charge >= 0.3 is 5.97 Å². The Bertz CT molecular complexity index is 1060. The fourth-order valence-corrected chi connectivity index (χ4v) is 2.76. The zero-order chi connectivity index (χ0) is 24.9. The van der Waals surface area contributed by atoms with E-state index < -0.39 is 0 Å². The lowest BCUT2D eigenvalue weighted by Crippen LogP contribution is -2.22. The summed E-state index contributed by atoms with van der Waals surface area (Å²) in [6.07, 6.45) is 0. The fourth-order valence-electron chi connectivity index (χ4n) is 2.63. The summed E-state index contributed by atoms with van der Waals surface area (Å²) in [4.78, 5) is 25.3. The van der Waals surface area contributed by atoms with Crippen LogP contribution in [0.2, 0.25) is 5.02 Å². The van der Waals surface area contributed by atoms with Gasteiger partial charge in [0.25, 0.3) is 0 Å². The van der Waals surface area contributed by atoms with Crippen LogP contribution in [-0.4, -0.2) is 62.7 Å². The van der Waals surface area contributed by atoms with E-state index >= 15 is 0 Å². The largest absolute Gasteiger partial charge is 0.507 e. The van der Waals surface area contributed by atoms with Gasteiger partial charge in [0.15, 0.2) is 12.4 Å². The number of phenolic OH excluding ortho intramolecular Hbond substituents is 1. The number of aromatic hydroxyl groups is 1. The van der Waals surface area contributed by atoms with E-state index in [0.29, 0.717) is 35.2 Å². The van der Waals surface area contributed by atoms with E-state index in [2.05, 4.69) is 0 Å². The number of ketones is 1. The van der Waals surface area contributed by atoms with Crippen LogP contribution in [0.25, 0.3) is 0 Å². The first kappa shape index (κ1) is 29.8. The Morgan fingerprint density at radius 3 is 2.14 bits per heavy atom. The summed E-state index contributed by atoms with van der Waals surface area (Å²) in [5, 5.41) is 10.4. The maximum absolute atomic E-state index is 12.1. The first-order valence-corrected chi connectivity index (χ1v) is 10.8. The Labute approximate surface area is 216 Å². The molecule has 1 N–H and O–H groups in total. The van der Waals surface area contributed by atoms with Gasteiger partial charge < -0.3 is 24.2 Å². The highest BCUT2D eigenvalue weighted by Gasteiger charge is 2.13. The minimum Gasteiger partial charge on any atom is -0.507 e. The SMILES string of the molecule is CN(C)CCOC(=O)COc1ccc(Cl)cc1.COc1ccc(C(=O)c2ccccc2)c(O)c1.Cl. The topological polar surface area (TPSA) is 85.3 Å². The number of carbonyl (C=O) groups is 2. The molecule has 0 aliphatic carbocycles. The highest BCUT2D eigenvalue weighted by molar-refractivity contribution is 6.30. The molecule has 7 nitrogen and oxygen atoms in total. The van der Waals surface area contributed by atoms with E-state index in [4.69, 9.17) is 25.8 Å². The summed E-state index contributed by atoms with van der Waals surface area (Å²) in [5.41, 5.74) is 0.824. The van der Waals surface area contributed by atoms with Gasteiger partial charge in [-0.3, -0.25) is 4.79 Å². The van der Waals surface area contributed by atoms with Crippen LogP contribution >= 0.6 is 24.0 Å². The molecule has 0 bridgehead atoms. The second-order valence-electron chi connectivity index (χ2n) is 7.34. The minimum atomic E-state index is -0.373. The Morgan fingerprint density at radius 1 is 0.943 bits per heavy atom. The van der Waals surface area contributed by atoms with Gasteiger partial charge in [-0.15, -0.1) is 12.4 Å². The summed E-state index contributed by atoms with van der Waals surface area (Å²) >= 11 is 5.72. The lowest BCUT2D eigenvalue weighted by atomic mass is 10.0. The second kappa shape index (κ2) is 15.6. The zero-order valence-corrected chi connectivity index (χ0v) is 21.3. The summed E-state index contributed by atoms with van der Waals surface area (Å²) in [6, 6.07) is 20.3. The molecule has 0 saturated carbocycles. The number of rotatable bonds is 9. The Hall–Kier alpha value is -3.26. The fraction of sp³-hybridized carbons (Fsp3) is 0.231. The van der Waals surface area contributed by atoms with Crippen LogP contribution in [-0.2, 0) is 9.53 Å². The van der Waals surface area contributed by atoms with Crippen LogP contribution in [0.5, 0.6) is 17.2 Å². The van der Waals surface area contributed by atoms with Crippen LogP contribution in [0.4, 0.5) is 0 Å². The van der Waals surface area contributed by atoms with Crippen molar-refractivity contribution in [1.82, 2.24) is 4.90 Å². The molecule has 35 heavy (non-hydrogen) atoms. The third-order valence-electron chi connectivity index (χ3n) is 4.46. The molecule has 9 heteroatoms. The maximum Gasteiger partial charge on any atom is 0.344 e. The number of likely N-dealkylation sites (N-methyl/N-ethyl adjacent to an activating group) is 1. The van der Waals surface area contributed by atoms with Crippen molar-refractivity contribution in [3.63, 3.8) is 0 Å². The van der Waals surface area contributed by atoms with Gasteiger partial charge in [-0.05, 0) is 50.5 Å². The number of benzene rings is 3. The molecule has 3 aromatic carbocycles. The third kappa shape index (κ3) is 10.7. The molecule has 3 aromatic rings. The van der Waals surface area contributed by atoms with Crippen molar-refractivity contribution in [2.24, 2.45) is 0 Å². The number of nitrogens with zero attached hydrogens (tertiary/aromatic N) is 1. The number of hydrogen-bond acceptors (Lipinski definition) is 7. The number of methoxy groups -OCH3 is 1. The summed E-state index contributed by atoms with van der Waals surface area (Å²) < 4.78 is 15.2. The lowest BCUT2D eigenvalue weighted by molar-refractivity contribution is -0.146. The molecule has 0 saturated heterocycles. The van der Waals surface area contributed by atoms with Gasteiger partial charge in [-0.1, -0.05) is 41.9 Å². The molecular formula is C26H29Cl2NO6. The third-order valence-corrected chi connectivity index (χ3v) is 4.71. The highest BCUT2D eigenvalue weighted by atomic mass is 35.5. The van der Waals surface area contributed by atoms with Crippen molar-refractivity contribution in [2.75, 3.05) is 41.0 Å². The summed E-state index contributed by atoms with van der Waals surface area (Å²) in [6.45, 7) is 0.984. The number of esters is 1. The number of halogens is 2. The molecule has 0 amide bonds. The molecule has 0 aromatic heterocycles. The van der Waals surface area contributed by atoms with Crippen LogP contribution in [0.3, 0.4) is 0 Å². The molecule has 0 atom stereocenters. The van der Waals surface area contributed by atoms with Crippen molar-refractivity contribution in [3.05, 3.63) is 88.9 Å². The number of ether oxygens (including phenoxy) is 3. The quantitative estimate of drug-likeness (QED) is 0.317. The van der Waals surface area contributed by atoms with Crippen molar-refractivity contribution in [1.29, 1.82) is 0 Å².